The van der Waals surface area contributed by atoms with Crippen LogP contribution in [0.3, 0.4) is 0 Å². The molecule has 0 fully saturated rings. The summed E-state index contributed by atoms with van der Waals surface area (Å²) in [4.78, 5) is 34.6. The molecule has 0 spiro atoms. The van der Waals surface area contributed by atoms with E-state index in [0.29, 0.717) is 10.4 Å². The molecular weight excluding hydrogens is 523 g/mol. The number of benzene rings is 2. The molecule has 3 rings (SSSR count). The molecule has 2 aromatic carbocycles. The summed E-state index contributed by atoms with van der Waals surface area (Å²) in [6.45, 7) is 2.45. The molecule has 0 atom stereocenters. The van der Waals surface area contributed by atoms with Gasteiger partial charge in [0.2, 0.25) is 0 Å². The summed E-state index contributed by atoms with van der Waals surface area (Å²) in [7, 11) is -4.64. The second-order valence-electron chi connectivity index (χ2n) is 7.48. The van der Waals surface area contributed by atoms with Gasteiger partial charge in [-0.15, -0.1) is 0 Å². The Labute approximate surface area is 201 Å². The minimum atomic E-state index is -4.65. The molecule has 2 N–H and O–H groups in total. The van der Waals surface area contributed by atoms with Crippen LogP contribution in [-0.2, 0) is 21.4 Å². The molecule has 9 nitrogen and oxygen atoms in total. The van der Waals surface area contributed by atoms with E-state index in [-0.39, 0.29) is 26.7 Å². The van der Waals surface area contributed by atoms with E-state index in [2.05, 4.69) is 4.74 Å². The predicted octanol–water partition coefficient (Wildman–Crippen LogP) is 4.22. The number of nitrogens with zero attached hydrogens (tertiary/aromatic N) is 1. The molecule has 0 aromatic heterocycles. The lowest BCUT2D eigenvalue weighted by Crippen LogP contribution is -2.34. The number of hydrogen-bond donors (Lipinski definition) is 2. The normalized spacial score (nSPS) is 14.9. The lowest BCUT2D eigenvalue weighted by molar-refractivity contribution is -0.210. The Morgan fingerprint density at radius 3 is 2.32 bits per heavy atom. The van der Waals surface area contributed by atoms with E-state index in [1.807, 2.05) is 0 Å². The first-order valence-corrected chi connectivity index (χ1v) is 11.5. The van der Waals surface area contributed by atoms with Crippen molar-refractivity contribution < 1.29 is 46.5 Å². The van der Waals surface area contributed by atoms with Crippen LogP contribution in [0.2, 0.25) is 10.0 Å². The van der Waals surface area contributed by atoms with E-state index in [1.54, 1.807) is 13.8 Å². The Morgan fingerprint density at radius 2 is 1.79 bits per heavy atom. The molecule has 1 aliphatic heterocycles. The molecule has 34 heavy (non-hydrogen) atoms. The number of sulfonamides is 1. The number of aromatic carboxylic acids is 1. The molecule has 1 amide bonds. The van der Waals surface area contributed by atoms with Gasteiger partial charge < -0.3 is 14.9 Å². The van der Waals surface area contributed by atoms with Crippen LogP contribution in [0.5, 0.6) is 5.75 Å². The number of carboxylic acid groups (broad SMARTS) is 2. The number of alkyl halides is 2. The van der Waals surface area contributed by atoms with E-state index >= 15 is 0 Å². The van der Waals surface area contributed by atoms with Crippen LogP contribution in [0.25, 0.3) is 0 Å². The molecule has 2 aromatic rings. The number of fused-ring (bicyclic) bond motifs is 1. The number of aliphatic carboxylic acids is 1. The summed E-state index contributed by atoms with van der Waals surface area (Å²) >= 11 is 11.9. The highest BCUT2D eigenvalue weighted by molar-refractivity contribution is 7.90. The van der Waals surface area contributed by atoms with Gasteiger partial charge in [-0.1, -0.05) is 43.1 Å². The average Bonchev–Trinajstić information content (AvgIpc) is 2.89. The zero-order valence-electron chi connectivity index (χ0n) is 17.3. The van der Waals surface area contributed by atoms with Gasteiger partial charge >= 0.3 is 18.0 Å². The van der Waals surface area contributed by atoms with Gasteiger partial charge in [-0.05, 0) is 29.2 Å². The third kappa shape index (κ3) is 4.28. The summed E-state index contributed by atoms with van der Waals surface area (Å²) in [6, 6.07) is 4.02. The minimum Gasteiger partial charge on any atom is -0.478 e. The molecule has 182 valence electrons. The third-order valence-electron chi connectivity index (χ3n) is 4.93. The smallest absolute Gasteiger partial charge is 0.478 e. The average molecular weight is 538 g/mol. The number of rotatable bonds is 7. The standard InChI is InChI=1S/C20H15Cl2F2NO8S/c1-8(2)11-5-10(33-20(23,24)19(29)30)6-13-14(11)17(26)25(34(13,31)32)7-9-3-4-12(21)15(16(9)22)18(27)28/h3-6,8H,7H2,1-2H3,(H,27,28)(H,29,30). The van der Waals surface area contributed by atoms with Crippen molar-refractivity contribution in [1.82, 2.24) is 4.31 Å². The maximum atomic E-state index is 13.6. The number of amides is 1. The maximum Gasteiger partial charge on any atom is 0.501 e. The molecule has 1 heterocycles. The van der Waals surface area contributed by atoms with Gasteiger partial charge in [0, 0.05) is 6.07 Å². The van der Waals surface area contributed by atoms with E-state index < -0.39 is 62.6 Å². The zero-order valence-corrected chi connectivity index (χ0v) is 19.6. The largest absolute Gasteiger partial charge is 0.501 e. The summed E-state index contributed by atoms with van der Waals surface area (Å²) in [5.41, 5.74) is -0.812. The molecule has 0 aliphatic carbocycles. The number of carboxylic acids is 2. The van der Waals surface area contributed by atoms with E-state index in [1.165, 1.54) is 12.1 Å². The number of ether oxygens (including phenoxy) is 1. The van der Waals surface area contributed by atoms with Crippen molar-refractivity contribution in [2.24, 2.45) is 0 Å². The fraction of sp³-hybridized carbons (Fsp3) is 0.250. The predicted molar refractivity (Wildman–Crippen MR) is 114 cm³/mol. The Balaban J connectivity index is 2.14. The van der Waals surface area contributed by atoms with Crippen LogP contribution >= 0.6 is 23.2 Å². The van der Waals surface area contributed by atoms with Gasteiger partial charge in [0.05, 0.1) is 27.7 Å². The third-order valence-corrected chi connectivity index (χ3v) is 7.43. The van der Waals surface area contributed by atoms with Gasteiger partial charge in [0.15, 0.2) is 0 Å². The molecule has 0 saturated carbocycles. The van der Waals surface area contributed by atoms with Crippen LogP contribution in [0.1, 0.15) is 51.6 Å². The summed E-state index contributed by atoms with van der Waals surface area (Å²) in [5, 5.41) is 17.3. The van der Waals surface area contributed by atoms with Crippen LogP contribution in [0.15, 0.2) is 29.2 Å². The highest BCUT2D eigenvalue weighted by Gasteiger charge is 2.46. The first-order valence-electron chi connectivity index (χ1n) is 9.35. The van der Waals surface area contributed by atoms with E-state index in [9.17, 15) is 36.7 Å². The summed E-state index contributed by atoms with van der Waals surface area (Å²) < 4.78 is 58.2. The van der Waals surface area contributed by atoms with Crippen LogP contribution < -0.4 is 4.74 Å². The van der Waals surface area contributed by atoms with Gasteiger partial charge in [-0.2, -0.15) is 8.78 Å². The van der Waals surface area contributed by atoms with E-state index in [0.717, 1.165) is 6.07 Å². The van der Waals surface area contributed by atoms with Crippen molar-refractivity contribution in [3.8, 4) is 5.75 Å². The quantitative estimate of drug-likeness (QED) is 0.535. The van der Waals surface area contributed by atoms with Crippen LogP contribution in [0.4, 0.5) is 8.78 Å². The summed E-state index contributed by atoms with van der Waals surface area (Å²) in [6.07, 6.45) is -4.65. The van der Waals surface area contributed by atoms with Crippen LogP contribution in [0, 0.1) is 0 Å². The Morgan fingerprint density at radius 1 is 1.18 bits per heavy atom. The number of carbonyl (C=O) groups excluding carboxylic acids is 1. The molecule has 0 unspecified atom stereocenters. The molecular formula is C20H15Cl2F2NO8S. The number of halogens is 4. The maximum absolute atomic E-state index is 13.6. The van der Waals surface area contributed by atoms with Crippen molar-refractivity contribution in [2.45, 2.75) is 37.3 Å². The first kappa shape index (κ1) is 25.7. The van der Waals surface area contributed by atoms with E-state index in [4.69, 9.17) is 28.3 Å². The Kier molecular flexibility index (Phi) is 6.55. The Bertz CT molecular complexity index is 1340. The van der Waals surface area contributed by atoms with Crippen molar-refractivity contribution in [1.29, 1.82) is 0 Å². The molecule has 0 radical (unpaired) electrons. The monoisotopic (exact) mass is 537 g/mol. The van der Waals surface area contributed by atoms with Gasteiger partial charge in [0.1, 0.15) is 10.6 Å². The fourth-order valence-corrected chi connectivity index (χ4v) is 5.50. The second-order valence-corrected chi connectivity index (χ2v) is 10.1. The highest BCUT2D eigenvalue weighted by Crippen LogP contribution is 2.41. The SMILES string of the molecule is CC(C)c1cc(OC(F)(F)C(=O)O)cc2c1C(=O)N(Cc1ccc(Cl)c(C(=O)O)c1Cl)S2(=O)=O. The minimum absolute atomic E-state index is 0.0261. The highest BCUT2D eigenvalue weighted by atomic mass is 35.5. The van der Waals surface area contributed by atoms with Crippen molar-refractivity contribution in [2.75, 3.05) is 0 Å². The number of carbonyl (C=O) groups is 3. The lowest BCUT2D eigenvalue weighted by Gasteiger charge is -2.17. The second kappa shape index (κ2) is 8.67. The zero-order chi connectivity index (χ0) is 25.7. The fourth-order valence-electron chi connectivity index (χ4n) is 3.33. The molecule has 0 saturated heterocycles. The Hall–Kier alpha value is -2.96. The van der Waals surface area contributed by atoms with Crippen molar-refractivity contribution in [3.63, 3.8) is 0 Å². The van der Waals surface area contributed by atoms with Crippen molar-refractivity contribution in [3.05, 3.63) is 56.6 Å². The van der Waals surface area contributed by atoms with Gasteiger partial charge in [-0.3, -0.25) is 4.79 Å². The molecule has 1 aliphatic rings. The van der Waals surface area contributed by atoms with Gasteiger partial charge in [-0.25, -0.2) is 22.3 Å². The lowest BCUT2D eigenvalue weighted by atomic mass is 9.96. The van der Waals surface area contributed by atoms with Crippen LogP contribution in [-0.4, -0.2) is 46.9 Å². The molecule has 0 bridgehead atoms. The first-order chi connectivity index (χ1) is 15.6. The topological polar surface area (TPSA) is 138 Å². The number of hydrogen-bond acceptors (Lipinski definition) is 6. The summed E-state index contributed by atoms with van der Waals surface area (Å²) in [5.74, 6) is -6.39. The molecule has 14 heteroatoms. The van der Waals surface area contributed by atoms with Gasteiger partial charge in [0.25, 0.3) is 15.9 Å². The van der Waals surface area contributed by atoms with Crippen molar-refractivity contribution >= 4 is 51.1 Å².